The van der Waals surface area contributed by atoms with Crippen LogP contribution in [-0.2, 0) is 4.79 Å². The number of nitrogens with zero attached hydrogens (tertiary/aromatic N) is 1. The fourth-order valence-electron chi connectivity index (χ4n) is 4.17. The lowest BCUT2D eigenvalue weighted by molar-refractivity contribution is -0.121. The molecule has 5 N–H and O–H groups in total. The molecule has 1 atom stereocenters. The maximum Gasteiger partial charge on any atom is 0.229 e. The molecule has 6 heteroatoms. The van der Waals surface area contributed by atoms with Gasteiger partial charge < -0.3 is 16.0 Å². The van der Waals surface area contributed by atoms with Crippen molar-refractivity contribution in [2.75, 3.05) is 11.9 Å². The lowest BCUT2D eigenvalue weighted by Crippen LogP contribution is -2.36. The SMILES string of the molecule is NC[C@@H](C(=O)Nc1cccc2c(-c3cn[nH]c3)c[nH]c12)C1CCCCC1. The Morgan fingerprint density at radius 2 is 2.12 bits per heavy atom. The van der Waals surface area contributed by atoms with Crippen LogP contribution in [0.2, 0.25) is 0 Å². The van der Waals surface area contributed by atoms with Crippen molar-refractivity contribution in [2.45, 2.75) is 32.1 Å². The van der Waals surface area contributed by atoms with Gasteiger partial charge in [0.15, 0.2) is 0 Å². The summed E-state index contributed by atoms with van der Waals surface area (Å²) in [5.74, 6) is 0.318. The van der Waals surface area contributed by atoms with Crippen molar-refractivity contribution >= 4 is 22.5 Å². The minimum atomic E-state index is -0.117. The number of benzene rings is 1. The van der Waals surface area contributed by atoms with E-state index in [-0.39, 0.29) is 11.8 Å². The van der Waals surface area contributed by atoms with Gasteiger partial charge in [-0.15, -0.1) is 0 Å². The number of nitrogens with two attached hydrogens (primary N) is 1. The molecule has 2 aromatic heterocycles. The second-order valence-corrected chi connectivity index (χ2v) is 7.15. The number of para-hydroxylation sites is 1. The number of amides is 1. The molecule has 1 saturated carbocycles. The van der Waals surface area contributed by atoms with Crippen LogP contribution >= 0.6 is 0 Å². The predicted octanol–water partition coefficient (Wildman–Crippen LogP) is 3.65. The van der Waals surface area contributed by atoms with Gasteiger partial charge >= 0.3 is 0 Å². The summed E-state index contributed by atoms with van der Waals surface area (Å²) in [4.78, 5) is 16.2. The number of nitrogens with one attached hydrogen (secondary N) is 3. The van der Waals surface area contributed by atoms with E-state index in [2.05, 4.69) is 20.5 Å². The molecular formula is C20H25N5O. The third-order valence-electron chi connectivity index (χ3n) is 5.59. The fraction of sp³-hybridized carbons (Fsp3) is 0.400. The minimum absolute atomic E-state index is 0.0337. The number of fused-ring (bicyclic) bond motifs is 1. The van der Waals surface area contributed by atoms with Gasteiger partial charge in [-0.05, 0) is 24.8 Å². The van der Waals surface area contributed by atoms with Gasteiger partial charge in [0.05, 0.1) is 23.3 Å². The average molecular weight is 351 g/mol. The highest BCUT2D eigenvalue weighted by molar-refractivity contribution is 6.06. The van der Waals surface area contributed by atoms with Crippen LogP contribution in [0.4, 0.5) is 5.69 Å². The molecule has 2 heterocycles. The standard InChI is InChI=1S/C20H25N5O/c21-9-16(13-5-2-1-3-6-13)20(26)25-18-8-4-7-15-17(12-22-19(15)18)14-10-23-24-11-14/h4,7-8,10-13,16,22H,1-3,5-6,9,21H2,(H,23,24)(H,25,26)/t16-/m1/s1. The average Bonchev–Trinajstić information content (AvgIpc) is 3.33. The van der Waals surface area contributed by atoms with Gasteiger partial charge in [0.1, 0.15) is 0 Å². The Morgan fingerprint density at radius 3 is 2.85 bits per heavy atom. The number of carbonyl (C=O) groups is 1. The highest BCUT2D eigenvalue weighted by Crippen LogP contribution is 2.33. The Kier molecular flexibility index (Phi) is 4.75. The van der Waals surface area contributed by atoms with Crippen LogP contribution in [0.15, 0.2) is 36.8 Å². The molecule has 136 valence electrons. The maximum atomic E-state index is 12.9. The normalized spacial score (nSPS) is 16.7. The van der Waals surface area contributed by atoms with E-state index >= 15 is 0 Å². The van der Waals surface area contributed by atoms with Crippen LogP contribution < -0.4 is 11.1 Å². The second-order valence-electron chi connectivity index (χ2n) is 7.15. The topological polar surface area (TPSA) is 99.6 Å². The Balaban J connectivity index is 1.59. The largest absolute Gasteiger partial charge is 0.359 e. The highest BCUT2D eigenvalue weighted by atomic mass is 16.1. The number of aromatic amines is 2. The Hall–Kier alpha value is -2.60. The molecular weight excluding hydrogens is 326 g/mol. The summed E-state index contributed by atoms with van der Waals surface area (Å²) >= 11 is 0. The zero-order valence-corrected chi connectivity index (χ0v) is 14.8. The summed E-state index contributed by atoms with van der Waals surface area (Å²) in [6.07, 6.45) is 11.5. The third-order valence-corrected chi connectivity index (χ3v) is 5.59. The molecule has 0 radical (unpaired) electrons. The first-order valence-electron chi connectivity index (χ1n) is 9.38. The summed E-state index contributed by atoms with van der Waals surface area (Å²) in [6.45, 7) is 0.400. The number of hydrogen-bond acceptors (Lipinski definition) is 3. The number of rotatable bonds is 5. The van der Waals surface area contributed by atoms with Crippen LogP contribution in [0.3, 0.4) is 0 Å². The molecule has 4 rings (SSSR count). The van der Waals surface area contributed by atoms with Crippen LogP contribution in [0, 0.1) is 11.8 Å². The van der Waals surface area contributed by atoms with E-state index in [0.717, 1.165) is 40.6 Å². The molecule has 0 saturated heterocycles. The Morgan fingerprint density at radius 1 is 1.27 bits per heavy atom. The first-order valence-corrected chi connectivity index (χ1v) is 9.38. The summed E-state index contributed by atoms with van der Waals surface area (Å²) in [5, 5.41) is 11.0. The van der Waals surface area contributed by atoms with Crippen molar-refractivity contribution in [3.05, 3.63) is 36.8 Å². The quantitative estimate of drug-likeness (QED) is 0.564. The number of H-pyrrole nitrogens is 2. The van der Waals surface area contributed by atoms with E-state index in [1.807, 2.05) is 30.6 Å². The van der Waals surface area contributed by atoms with Crippen LogP contribution in [0.1, 0.15) is 32.1 Å². The van der Waals surface area contributed by atoms with Crippen LogP contribution in [0.25, 0.3) is 22.0 Å². The van der Waals surface area contributed by atoms with Gasteiger partial charge in [0, 0.05) is 35.5 Å². The van der Waals surface area contributed by atoms with E-state index in [4.69, 9.17) is 5.73 Å². The van der Waals surface area contributed by atoms with E-state index < -0.39 is 0 Å². The molecule has 1 amide bonds. The maximum absolute atomic E-state index is 12.9. The fourth-order valence-corrected chi connectivity index (χ4v) is 4.17. The molecule has 0 bridgehead atoms. The van der Waals surface area contributed by atoms with Gasteiger partial charge in [-0.3, -0.25) is 9.89 Å². The van der Waals surface area contributed by atoms with Gasteiger partial charge in [0.25, 0.3) is 0 Å². The molecule has 0 unspecified atom stereocenters. The van der Waals surface area contributed by atoms with Crippen molar-refractivity contribution in [3.8, 4) is 11.1 Å². The Labute approximate surface area is 152 Å². The molecule has 1 aliphatic rings. The molecule has 0 aliphatic heterocycles. The van der Waals surface area contributed by atoms with Crippen molar-refractivity contribution in [1.82, 2.24) is 15.2 Å². The highest BCUT2D eigenvalue weighted by Gasteiger charge is 2.28. The first kappa shape index (κ1) is 16.8. The van der Waals surface area contributed by atoms with Gasteiger partial charge in [0.2, 0.25) is 5.91 Å². The number of carbonyl (C=O) groups excluding carboxylic acids is 1. The molecule has 1 aliphatic carbocycles. The van der Waals surface area contributed by atoms with Crippen LogP contribution in [-0.4, -0.2) is 27.6 Å². The van der Waals surface area contributed by atoms with Gasteiger partial charge in [-0.1, -0.05) is 31.4 Å². The van der Waals surface area contributed by atoms with E-state index in [1.165, 1.54) is 19.3 Å². The van der Waals surface area contributed by atoms with Crippen molar-refractivity contribution in [1.29, 1.82) is 0 Å². The summed E-state index contributed by atoms with van der Waals surface area (Å²) in [7, 11) is 0. The van der Waals surface area contributed by atoms with E-state index in [0.29, 0.717) is 12.5 Å². The van der Waals surface area contributed by atoms with Gasteiger partial charge in [-0.2, -0.15) is 5.10 Å². The van der Waals surface area contributed by atoms with E-state index in [9.17, 15) is 4.79 Å². The lowest BCUT2D eigenvalue weighted by Gasteiger charge is -2.28. The number of hydrogen-bond donors (Lipinski definition) is 4. The number of anilines is 1. The Bertz CT molecular complexity index is 877. The van der Waals surface area contributed by atoms with Crippen molar-refractivity contribution in [2.24, 2.45) is 17.6 Å². The molecule has 6 nitrogen and oxygen atoms in total. The number of aromatic nitrogens is 3. The smallest absolute Gasteiger partial charge is 0.229 e. The third kappa shape index (κ3) is 3.12. The summed E-state index contributed by atoms with van der Waals surface area (Å²) < 4.78 is 0. The monoisotopic (exact) mass is 351 g/mol. The van der Waals surface area contributed by atoms with Crippen molar-refractivity contribution in [3.63, 3.8) is 0 Å². The van der Waals surface area contributed by atoms with Crippen molar-refractivity contribution < 1.29 is 4.79 Å². The summed E-state index contributed by atoms with van der Waals surface area (Å²) in [6, 6.07) is 5.95. The van der Waals surface area contributed by atoms with Gasteiger partial charge in [-0.25, -0.2) is 0 Å². The molecule has 1 fully saturated rings. The zero-order valence-electron chi connectivity index (χ0n) is 14.8. The zero-order chi connectivity index (χ0) is 17.9. The van der Waals surface area contributed by atoms with Crippen LogP contribution in [0.5, 0.6) is 0 Å². The lowest BCUT2D eigenvalue weighted by atomic mass is 9.79. The molecule has 0 spiro atoms. The second kappa shape index (κ2) is 7.33. The summed E-state index contributed by atoms with van der Waals surface area (Å²) in [5.41, 5.74) is 9.77. The predicted molar refractivity (Wildman–Crippen MR) is 104 cm³/mol. The molecule has 26 heavy (non-hydrogen) atoms. The van der Waals surface area contributed by atoms with E-state index in [1.54, 1.807) is 6.20 Å². The molecule has 3 aromatic rings. The molecule has 1 aromatic carbocycles. The minimum Gasteiger partial charge on any atom is -0.359 e. The first-order chi connectivity index (χ1) is 12.8.